The Hall–Kier alpha value is -2.56. The smallest absolute Gasteiger partial charge is 0.403 e. The van der Waals surface area contributed by atoms with Crippen LogP contribution in [0.4, 0.5) is 23.2 Å². The SMILES string of the molecule is Cn1cc(S(=O)(=O)CC(C)(C)C)cc1C(=O)Nc1ccc(F)c(OC(F)(F)F)c1. The number of nitrogens with one attached hydrogen (secondary N) is 1. The predicted octanol–water partition coefficient (Wildman–Crippen LogP) is 4.13. The minimum atomic E-state index is -5.10. The summed E-state index contributed by atoms with van der Waals surface area (Å²) >= 11 is 0. The molecule has 1 N–H and O–H groups in total. The van der Waals surface area contributed by atoms with Crippen molar-refractivity contribution < 1.29 is 35.5 Å². The Balaban J connectivity index is 2.27. The molecule has 0 saturated heterocycles. The highest BCUT2D eigenvalue weighted by Gasteiger charge is 2.32. The predicted molar refractivity (Wildman–Crippen MR) is 98.0 cm³/mol. The van der Waals surface area contributed by atoms with Gasteiger partial charge in [0.1, 0.15) is 5.69 Å². The van der Waals surface area contributed by atoms with E-state index in [0.29, 0.717) is 12.1 Å². The number of ether oxygens (including phenoxy) is 1. The number of benzene rings is 1. The number of hydrogen-bond donors (Lipinski definition) is 1. The van der Waals surface area contributed by atoms with Gasteiger partial charge in [-0.15, -0.1) is 13.2 Å². The first-order valence-electron chi connectivity index (χ1n) is 8.33. The Labute approximate surface area is 165 Å². The Morgan fingerprint density at radius 2 is 1.79 bits per heavy atom. The second-order valence-corrected chi connectivity index (χ2v) is 9.63. The lowest BCUT2D eigenvalue weighted by Crippen LogP contribution is -2.20. The van der Waals surface area contributed by atoms with Gasteiger partial charge < -0.3 is 14.6 Å². The number of nitrogens with zero attached hydrogens (tertiary/aromatic N) is 1. The summed E-state index contributed by atoms with van der Waals surface area (Å²) in [5, 5.41) is 2.30. The molecule has 0 radical (unpaired) electrons. The molecule has 2 aromatic rings. The maximum absolute atomic E-state index is 13.5. The van der Waals surface area contributed by atoms with Crippen molar-refractivity contribution in [1.82, 2.24) is 4.57 Å². The highest BCUT2D eigenvalue weighted by molar-refractivity contribution is 7.91. The van der Waals surface area contributed by atoms with Crippen LogP contribution < -0.4 is 10.1 Å². The zero-order valence-corrected chi connectivity index (χ0v) is 16.9. The largest absolute Gasteiger partial charge is 0.573 e. The Morgan fingerprint density at radius 1 is 1.17 bits per heavy atom. The summed E-state index contributed by atoms with van der Waals surface area (Å²) < 4.78 is 80.3. The van der Waals surface area contributed by atoms with Crippen molar-refractivity contribution >= 4 is 21.4 Å². The van der Waals surface area contributed by atoms with Gasteiger partial charge in [0.15, 0.2) is 21.4 Å². The molecular formula is C18H20F4N2O4S. The van der Waals surface area contributed by atoms with Crippen molar-refractivity contribution in [2.45, 2.75) is 32.0 Å². The maximum atomic E-state index is 13.5. The second kappa shape index (κ2) is 7.69. The molecule has 1 heterocycles. The summed E-state index contributed by atoms with van der Waals surface area (Å²) in [5.74, 6) is -3.28. The molecule has 0 bridgehead atoms. The van der Waals surface area contributed by atoms with Gasteiger partial charge in [-0.1, -0.05) is 20.8 Å². The zero-order chi connectivity index (χ0) is 22.2. The summed E-state index contributed by atoms with van der Waals surface area (Å²) in [7, 11) is -2.20. The van der Waals surface area contributed by atoms with Crippen LogP contribution in [0.3, 0.4) is 0 Å². The van der Waals surface area contributed by atoms with Crippen LogP contribution in [0.1, 0.15) is 31.3 Å². The Bertz CT molecular complexity index is 1020. The van der Waals surface area contributed by atoms with Gasteiger partial charge in [0, 0.05) is 25.0 Å². The zero-order valence-electron chi connectivity index (χ0n) is 16.1. The average molecular weight is 436 g/mol. The summed E-state index contributed by atoms with van der Waals surface area (Å²) in [4.78, 5) is 12.4. The summed E-state index contributed by atoms with van der Waals surface area (Å²) in [6.45, 7) is 5.28. The summed E-state index contributed by atoms with van der Waals surface area (Å²) in [6, 6.07) is 3.62. The molecule has 160 valence electrons. The van der Waals surface area contributed by atoms with E-state index in [4.69, 9.17) is 0 Å². The molecule has 6 nitrogen and oxygen atoms in total. The van der Waals surface area contributed by atoms with E-state index in [2.05, 4.69) is 10.1 Å². The van der Waals surface area contributed by atoms with E-state index < -0.39 is 39.1 Å². The fourth-order valence-electron chi connectivity index (χ4n) is 2.56. The number of rotatable bonds is 5. The minimum absolute atomic E-state index is 0.0416. The Kier molecular flexibility index (Phi) is 6.03. The Morgan fingerprint density at radius 3 is 2.34 bits per heavy atom. The van der Waals surface area contributed by atoms with Crippen molar-refractivity contribution in [3.05, 3.63) is 42.0 Å². The van der Waals surface area contributed by atoms with Gasteiger partial charge in [-0.3, -0.25) is 4.79 Å². The van der Waals surface area contributed by atoms with E-state index in [1.54, 1.807) is 20.8 Å². The summed E-state index contributed by atoms with van der Waals surface area (Å²) in [6.07, 6.45) is -3.82. The van der Waals surface area contributed by atoms with E-state index in [0.717, 1.165) is 6.07 Å². The number of hydrogen-bond acceptors (Lipinski definition) is 4. The van der Waals surface area contributed by atoms with Crippen molar-refractivity contribution in [1.29, 1.82) is 0 Å². The van der Waals surface area contributed by atoms with Gasteiger partial charge in [0.2, 0.25) is 0 Å². The van der Waals surface area contributed by atoms with E-state index >= 15 is 0 Å². The number of carbonyl (C=O) groups excluding carboxylic acids is 1. The third kappa shape index (κ3) is 6.21. The minimum Gasteiger partial charge on any atom is -0.403 e. The van der Waals surface area contributed by atoms with E-state index in [9.17, 15) is 30.8 Å². The third-order valence-corrected chi connectivity index (χ3v) is 5.80. The van der Waals surface area contributed by atoms with Gasteiger partial charge in [-0.25, -0.2) is 12.8 Å². The van der Waals surface area contributed by atoms with E-state index in [-0.39, 0.29) is 22.0 Å². The van der Waals surface area contributed by atoms with Crippen LogP contribution in [-0.4, -0.2) is 31.0 Å². The molecule has 0 aliphatic carbocycles. The van der Waals surface area contributed by atoms with Crippen molar-refractivity contribution in [3.63, 3.8) is 0 Å². The van der Waals surface area contributed by atoms with Gasteiger partial charge in [0.05, 0.1) is 10.6 Å². The normalized spacial score (nSPS) is 12.7. The van der Waals surface area contributed by atoms with Gasteiger partial charge in [0.25, 0.3) is 5.91 Å². The first-order valence-corrected chi connectivity index (χ1v) is 9.98. The molecule has 0 fully saturated rings. The molecule has 1 aromatic carbocycles. The van der Waals surface area contributed by atoms with Crippen LogP contribution in [0.2, 0.25) is 0 Å². The molecule has 0 saturated carbocycles. The third-order valence-electron chi connectivity index (χ3n) is 3.61. The number of amides is 1. The van der Waals surface area contributed by atoms with E-state index in [1.165, 1.54) is 23.9 Å². The number of halogens is 4. The number of sulfone groups is 1. The lowest BCUT2D eigenvalue weighted by molar-refractivity contribution is -0.275. The van der Waals surface area contributed by atoms with Crippen molar-refractivity contribution in [2.75, 3.05) is 11.1 Å². The lowest BCUT2D eigenvalue weighted by atomic mass is 10.0. The number of alkyl halides is 3. The fraction of sp³-hybridized carbons (Fsp3) is 0.389. The lowest BCUT2D eigenvalue weighted by Gasteiger charge is -2.17. The summed E-state index contributed by atoms with van der Waals surface area (Å²) in [5.41, 5.74) is -0.698. The average Bonchev–Trinajstić information content (AvgIpc) is 2.90. The first kappa shape index (κ1) is 22.7. The molecule has 1 amide bonds. The van der Waals surface area contributed by atoms with Crippen LogP contribution >= 0.6 is 0 Å². The molecule has 0 aliphatic heterocycles. The molecule has 29 heavy (non-hydrogen) atoms. The fourth-order valence-corrected chi connectivity index (χ4v) is 4.48. The molecular weight excluding hydrogens is 416 g/mol. The molecule has 1 aromatic heterocycles. The molecule has 0 unspecified atom stereocenters. The quantitative estimate of drug-likeness (QED) is 0.715. The van der Waals surface area contributed by atoms with Crippen molar-refractivity contribution in [2.24, 2.45) is 12.5 Å². The second-order valence-electron chi connectivity index (χ2n) is 7.64. The maximum Gasteiger partial charge on any atom is 0.573 e. The van der Waals surface area contributed by atoms with Crippen LogP contribution in [0.5, 0.6) is 5.75 Å². The highest BCUT2D eigenvalue weighted by atomic mass is 32.2. The van der Waals surface area contributed by atoms with Crippen LogP contribution in [0, 0.1) is 11.2 Å². The highest BCUT2D eigenvalue weighted by Crippen LogP contribution is 2.29. The number of carbonyl (C=O) groups is 1. The molecule has 0 atom stereocenters. The van der Waals surface area contributed by atoms with Crippen LogP contribution in [-0.2, 0) is 16.9 Å². The molecule has 2 rings (SSSR count). The monoisotopic (exact) mass is 436 g/mol. The molecule has 0 aliphatic rings. The molecule has 0 spiro atoms. The number of aryl methyl sites for hydroxylation is 1. The van der Waals surface area contributed by atoms with Crippen LogP contribution in [0.25, 0.3) is 0 Å². The van der Waals surface area contributed by atoms with E-state index in [1.807, 2.05) is 0 Å². The topological polar surface area (TPSA) is 77.4 Å². The first-order chi connectivity index (χ1) is 13.1. The van der Waals surface area contributed by atoms with Crippen molar-refractivity contribution in [3.8, 4) is 5.75 Å². The van der Waals surface area contributed by atoms with Gasteiger partial charge >= 0.3 is 6.36 Å². The van der Waals surface area contributed by atoms with Crippen LogP contribution in [0.15, 0.2) is 35.4 Å². The van der Waals surface area contributed by atoms with Gasteiger partial charge in [-0.2, -0.15) is 0 Å². The van der Waals surface area contributed by atoms with Gasteiger partial charge in [-0.05, 0) is 23.6 Å². The standard InChI is InChI=1S/C18H20F4N2O4S/c1-17(2,3)10-29(26,27)12-8-14(24(4)9-12)16(25)23-11-5-6-13(19)15(7-11)28-18(20,21)22/h5-9H,10H2,1-4H3,(H,23,25). The number of anilines is 1. The number of aromatic nitrogens is 1. The molecule has 11 heteroatoms.